The number of hydrogen-bond acceptors (Lipinski definition) is 6. The molecule has 0 saturated carbocycles. The van der Waals surface area contributed by atoms with E-state index in [1.54, 1.807) is 29.4 Å². The van der Waals surface area contributed by atoms with Crippen molar-refractivity contribution in [3.05, 3.63) is 58.8 Å². The van der Waals surface area contributed by atoms with Gasteiger partial charge in [0.2, 0.25) is 0 Å². The van der Waals surface area contributed by atoms with Crippen LogP contribution in [0.2, 0.25) is 5.02 Å². The van der Waals surface area contributed by atoms with Crippen molar-refractivity contribution >= 4 is 34.7 Å². The van der Waals surface area contributed by atoms with E-state index in [-0.39, 0.29) is 0 Å². The highest BCUT2D eigenvalue weighted by Gasteiger charge is 2.14. The first kappa shape index (κ1) is 16.4. The first-order valence-electron chi connectivity index (χ1n) is 7.47. The van der Waals surface area contributed by atoms with Crippen molar-refractivity contribution in [2.24, 2.45) is 7.05 Å². The zero-order valence-electron chi connectivity index (χ0n) is 13.2. The second kappa shape index (κ2) is 7.03. The summed E-state index contributed by atoms with van der Waals surface area (Å²) < 4.78 is 7.31. The van der Waals surface area contributed by atoms with Gasteiger partial charge in [-0.05, 0) is 24.3 Å². The van der Waals surface area contributed by atoms with E-state index in [0.29, 0.717) is 11.6 Å². The second-order valence-electron chi connectivity index (χ2n) is 5.28. The van der Waals surface area contributed by atoms with Crippen LogP contribution in [0.5, 0.6) is 0 Å². The molecule has 0 atom stereocenters. The van der Waals surface area contributed by atoms with E-state index in [1.165, 1.54) is 0 Å². The molecule has 0 fully saturated rings. The van der Waals surface area contributed by atoms with Crippen LogP contribution in [0.1, 0.15) is 5.69 Å². The quantitative estimate of drug-likeness (QED) is 0.443. The SMILES string of the molecule is Cn1c(SCc2csc(-c3ccc(Cl)cc3)n2)nnc1-c1ccco1. The third kappa shape index (κ3) is 3.49. The van der Waals surface area contributed by atoms with Gasteiger partial charge >= 0.3 is 0 Å². The summed E-state index contributed by atoms with van der Waals surface area (Å²) in [7, 11) is 1.93. The highest BCUT2D eigenvalue weighted by molar-refractivity contribution is 7.98. The Bertz CT molecular complexity index is 977. The summed E-state index contributed by atoms with van der Waals surface area (Å²) in [5.74, 6) is 2.15. The third-order valence-corrected chi connectivity index (χ3v) is 5.81. The minimum atomic E-state index is 0.709. The molecule has 0 aliphatic rings. The molecule has 0 amide bonds. The Hall–Kier alpha value is -2.09. The Balaban J connectivity index is 1.46. The van der Waals surface area contributed by atoms with Crippen LogP contribution in [0.3, 0.4) is 0 Å². The number of nitrogens with zero attached hydrogens (tertiary/aromatic N) is 4. The Kier molecular flexibility index (Phi) is 4.61. The molecular formula is C17H13ClN4OS2. The lowest BCUT2D eigenvalue weighted by Crippen LogP contribution is -1.94. The number of hydrogen-bond donors (Lipinski definition) is 0. The van der Waals surface area contributed by atoms with Gasteiger partial charge in [0.1, 0.15) is 5.01 Å². The number of furan rings is 1. The van der Waals surface area contributed by atoms with E-state index in [1.807, 2.05) is 48.0 Å². The monoisotopic (exact) mass is 388 g/mol. The predicted molar refractivity (Wildman–Crippen MR) is 101 cm³/mol. The Morgan fingerprint density at radius 2 is 2.04 bits per heavy atom. The molecule has 4 aromatic rings. The van der Waals surface area contributed by atoms with Crippen LogP contribution in [0.25, 0.3) is 22.2 Å². The van der Waals surface area contributed by atoms with Gasteiger partial charge in [-0.3, -0.25) is 0 Å². The van der Waals surface area contributed by atoms with Crippen molar-refractivity contribution < 1.29 is 4.42 Å². The van der Waals surface area contributed by atoms with E-state index in [0.717, 1.165) is 32.2 Å². The van der Waals surface area contributed by atoms with Gasteiger partial charge in [-0.1, -0.05) is 35.5 Å². The van der Waals surface area contributed by atoms with Crippen molar-refractivity contribution in [3.63, 3.8) is 0 Å². The molecule has 0 bridgehead atoms. The molecule has 0 aliphatic carbocycles. The van der Waals surface area contributed by atoms with Crippen molar-refractivity contribution in [3.8, 4) is 22.2 Å². The van der Waals surface area contributed by atoms with Gasteiger partial charge in [0.15, 0.2) is 16.7 Å². The number of aromatic nitrogens is 4. The first-order valence-corrected chi connectivity index (χ1v) is 9.71. The fourth-order valence-corrected chi connectivity index (χ4v) is 4.16. The summed E-state index contributed by atoms with van der Waals surface area (Å²) in [6.45, 7) is 0. The minimum absolute atomic E-state index is 0.709. The van der Waals surface area contributed by atoms with Gasteiger partial charge in [-0.15, -0.1) is 21.5 Å². The molecule has 3 heterocycles. The van der Waals surface area contributed by atoms with Crippen molar-refractivity contribution in [2.45, 2.75) is 10.9 Å². The van der Waals surface area contributed by atoms with Gasteiger partial charge in [0, 0.05) is 28.8 Å². The summed E-state index contributed by atoms with van der Waals surface area (Å²) in [5, 5.41) is 13.0. The third-order valence-electron chi connectivity index (χ3n) is 3.57. The van der Waals surface area contributed by atoms with Gasteiger partial charge in [-0.2, -0.15) is 0 Å². The van der Waals surface area contributed by atoms with E-state index in [2.05, 4.69) is 15.6 Å². The molecule has 0 radical (unpaired) electrons. The van der Waals surface area contributed by atoms with Crippen molar-refractivity contribution in [2.75, 3.05) is 0 Å². The standard InChI is InChI=1S/C17H13ClN4OS2/c1-22-15(14-3-2-8-23-14)20-21-17(22)25-10-13-9-24-16(19-13)11-4-6-12(18)7-5-11/h2-9H,10H2,1H3. The van der Waals surface area contributed by atoms with Crippen LogP contribution in [0, 0.1) is 0 Å². The predicted octanol–water partition coefficient (Wildman–Crippen LogP) is 5.14. The molecule has 0 aliphatic heterocycles. The van der Waals surface area contributed by atoms with Gasteiger partial charge in [0.25, 0.3) is 0 Å². The normalized spacial score (nSPS) is 11.1. The maximum Gasteiger partial charge on any atom is 0.200 e. The molecule has 0 saturated heterocycles. The summed E-state index contributed by atoms with van der Waals surface area (Å²) in [6.07, 6.45) is 1.63. The maximum atomic E-state index is 5.93. The van der Waals surface area contributed by atoms with Crippen LogP contribution >= 0.6 is 34.7 Å². The molecule has 5 nitrogen and oxygen atoms in total. The lowest BCUT2D eigenvalue weighted by Gasteiger charge is -2.01. The summed E-state index contributed by atoms with van der Waals surface area (Å²) in [6, 6.07) is 11.4. The van der Waals surface area contributed by atoms with E-state index >= 15 is 0 Å². The van der Waals surface area contributed by atoms with Crippen LogP contribution < -0.4 is 0 Å². The van der Waals surface area contributed by atoms with Crippen molar-refractivity contribution in [1.82, 2.24) is 19.7 Å². The van der Waals surface area contributed by atoms with Crippen LogP contribution in [0.4, 0.5) is 0 Å². The zero-order valence-corrected chi connectivity index (χ0v) is 15.6. The van der Waals surface area contributed by atoms with Gasteiger partial charge < -0.3 is 8.98 Å². The smallest absolute Gasteiger partial charge is 0.200 e. The number of thiazole rings is 1. The molecule has 0 N–H and O–H groups in total. The fourth-order valence-electron chi connectivity index (χ4n) is 2.30. The molecule has 0 unspecified atom stereocenters. The topological polar surface area (TPSA) is 56.7 Å². The fraction of sp³-hybridized carbons (Fsp3) is 0.118. The van der Waals surface area contributed by atoms with E-state index < -0.39 is 0 Å². The zero-order chi connectivity index (χ0) is 17.2. The molecule has 3 aromatic heterocycles. The molecule has 1 aromatic carbocycles. The van der Waals surface area contributed by atoms with Gasteiger partial charge in [0.05, 0.1) is 12.0 Å². The summed E-state index contributed by atoms with van der Waals surface area (Å²) in [4.78, 5) is 4.69. The Morgan fingerprint density at radius 3 is 2.80 bits per heavy atom. The number of rotatable bonds is 5. The number of thioether (sulfide) groups is 1. The molecule has 25 heavy (non-hydrogen) atoms. The lowest BCUT2D eigenvalue weighted by molar-refractivity contribution is 0.572. The molecule has 126 valence electrons. The number of benzene rings is 1. The molecule has 0 spiro atoms. The largest absolute Gasteiger partial charge is 0.461 e. The lowest BCUT2D eigenvalue weighted by atomic mass is 10.2. The molecule has 4 rings (SSSR count). The second-order valence-corrected chi connectivity index (χ2v) is 7.52. The Labute approximate surface area is 157 Å². The highest BCUT2D eigenvalue weighted by atomic mass is 35.5. The maximum absolute atomic E-state index is 5.93. The van der Waals surface area contributed by atoms with Gasteiger partial charge in [-0.25, -0.2) is 4.98 Å². The van der Waals surface area contributed by atoms with Crippen LogP contribution in [-0.4, -0.2) is 19.7 Å². The van der Waals surface area contributed by atoms with Crippen molar-refractivity contribution in [1.29, 1.82) is 0 Å². The Morgan fingerprint density at radius 1 is 1.20 bits per heavy atom. The average molecular weight is 389 g/mol. The van der Waals surface area contributed by atoms with E-state index in [9.17, 15) is 0 Å². The van der Waals surface area contributed by atoms with Crippen LogP contribution in [0.15, 0.2) is 57.6 Å². The highest BCUT2D eigenvalue weighted by Crippen LogP contribution is 2.29. The van der Waals surface area contributed by atoms with Crippen LogP contribution in [-0.2, 0) is 12.8 Å². The van der Waals surface area contributed by atoms with E-state index in [4.69, 9.17) is 21.0 Å². The average Bonchev–Trinajstić information content (AvgIpc) is 3.34. The number of halogens is 1. The summed E-state index contributed by atoms with van der Waals surface area (Å²) >= 11 is 9.16. The first-order chi connectivity index (χ1) is 12.2. The molecule has 8 heteroatoms. The summed E-state index contributed by atoms with van der Waals surface area (Å²) in [5.41, 5.74) is 2.09. The molecular weight excluding hydrogens is 376 g/mol. The minimum Gasteiger partial charge on any atom is -0.461 e.